The number of amides is 2. The minimum Gasteiger partial charge on any atom is -0.496 e. The lowest BCUT2D eigenvalue weighted by molar-refractivity contribution is 0.0738. The van der Waals surface area contributed by atoms with E-state index in [2.05, 4.69) is 5.32 Å². The van der Waals surface area contributed by atoms with Gasteiger partial charge in [-0.2, -0.15) is 0 Å². The van der Waals surface area contributed by atoms with E-state index in [1.54, 1.807) is 18.9 Å². The Labute approximate surface area is 132 Å². The van der Waals surface area contributed by atoms with Gasteiger partial charge in [0.05, 0.1) is 13.2 Å². The Hall–Kier alpha value is -1.75. The molecule has 0 saturated carbocycles. The number of hydrogen-bond acceptors (Lipinski definition) is 3. The first kappa shape index (κ1) is 16.6. The zero-order valence-electron chi connectivity index (χ0n) is 13.6. The van der Waals surface area contributed by atoms with E-state index in [1.807, 2.05) is 25.1 Å². The highest BCUT2D eigenvalue weighted by atomic mass is 16.5. The quantitative estimate of drug-likeness (QED) is 0.897. The van der Waals surface area contributed by atoms with Crippen molar-refractivity contribution in [3.05, 3.63) is 29.3 Å². The van der Waals surface area contributed by atoms with Crippen molar-refractivity contribution in [2.75, 3.05) is 20.2 Å². The number of rotatable bonds is 4. The minimum atomic E-state index is -0.361. The Kier molecular flexibility index (Phi) is 5.66. The van der Waals surface area contributed by atoms with Gasteiger partial charge in [-0.05, 0) is 43.9 Å². The fraction of sp³-hybridized carbons (Fsp3) is 0.588. The lowest BCUT2D eigenvalue weighted by Gasteiger charge is -2.34. The molecule has 1 aliphatic rings. The molecule has 1 saturated heterocycles. The van der Waals surface area contributed by atoms with Gasteiger partial charge in [0.15, 0.2) is 0 Å². The molecule has 1 heterocycles. The SMILES string of the molecule is COc1ccc(CNC(=O)N2CCCC(C(C)O)C2)cc1C. The first-order valence-electron chi connectivity index (χ1n) is 7.85. The minimum absolute atomic E-state index is 0.0566. The number of carbonyl (C=O) groups is 1. The zero-order chi connectivity index (χ0) is 16.1. The summed E-state index contributed by atoms with van der Waals surface area (Å²) >= 11 is 0. The number of aliphatic hydroxyl groups excluding tert-OH is 1. The van der Waals surface area contributed by atoms with Gasteiger partial charge < -0.3 is 20.1 Å². The number of ether oxygens (including phenoxy) is 1. The smallest absolute Gasteiger partial charge is 0.317 e. The summed E-state index contributed by atoms with van der Waals surface area (Å²) in [6, 6.07) is 5.84. The van der Waals surface area contributed by atoms with Crippen LogP contribution >= 0.6 is 0 Å². The number of hydrogen-bond donors (Lipinski definition) is 2. The second-order valence-electron chi connectivity index (χ2n) is 6.05. The summed E-state index contributed by atoms with van der Waals surface area (Å²) in [5.74, 6) is 1.04. The van der Waals surface area contributed by atoms with Crippen molar-refractivity contribution in [3.63, 3.8) is 0 Å². The van der Waals surface area contributed by atoms with Crippen LogP contribution in [0.1, 0.15) is 30.9 Å². The number of benzene rings is 1. The molecule has 2 amide bonds. The molecule has 22 heavy (non-hydrogen) atoms. The molecule has 2 unspecified atom stereocenters. The summed E-state index contributed by atoms with van der Waals surface area (Å²) in [6.45, 7) is 5.68. The zero-order valence-corrected chi connectivity index (χ0v) is 13.6. The number of nitrogens with zero attached hydrogens (tertiary/aromatic N) is 1. The molecule has 0 aromatic heterocycles. The van der Waals surface area contributed by atoms with Crippen LogP contribution < -0.4 is 10.1 Å². The van der Waals surface area contributed by atoms with Crippen LogP contribution in [0.3, 0.4) is 0 Å². The van der Waals surface area contributed by atoms with Crippen LogP contribution in [0.15, 0.2) is 18.2 Å². The molecular weight excluding hydrogens is 280 g/mol. The summed E-state index contributed by atoms with van der Waals surface area (Å²) in [6.07, 6.45) is 1.57. The number of aliphatic hydroxyl groups is 1. The van der Waals surface area contributed by atoms with Gasteiger partial charge in [0.1, 0.15) is 5.75 Å². The Bertz CT molecular complexity index is 517. The average Bonchev–Trinajstić information content (AvgIpc) is 2.52. The summed E-state index contributed by atoms with van der Waals surface area (Å²) in [5, 5.41) is 12.7. The van der Waals surface area contributed by atoms with E-state index in [0.29, 0.717) is 13.1 Å². The number of methoxy groups -OCH3 is 1. The predicted molar refractivity (Wildman–Crippen MR) is 85.9 cm³/mol. The second-order valence-corrected chi connectivity index (χ2v) is 6.05. The molecule has 1 fully saturated rings. The molecule has 0 bridgehead atoms. The maximum Gasteiger partial charge on any atom is 0.317 e. The van der Waals surface area contributed by atoms with E-state index in [0.717, 1.165) is 36.3 Å². The molecule has 122 valence electrons. The molecule has 1 aromatic rings. The molecule has 0 spiro atoms. The maximum atomic E-state index is 12.3. The number of likely N-dealkylation sites (tertiary alicyclic amines) is 1. The number of aryl methyl sites for hydroxylation is 1. The monoisotopic (exact) mass is 306 g/mol. The van der Waals surface area contributed by atoms with Gasteiger partial charge in [-0.1, -0.05) is 12.1 Å². The average molecular weight is 306 g/mol. The van der Waals surface area contributed by atoms with Crippen LogP contribution in [0.2, 0.25) is 0 Å². The number of urea groups is 1. The molecule has 5 nitrogen and oxygen atoms in total. The predicted octanol–water partition coefficient (Wildman–Crippen LogP) is 2.31. The summed E-state index contributed by atoms with van der Waals surface area (Å²) in [4.78, 5) is 14.1. The van der Waals surface area contributed by atoms with Gasteiger partial charge in [-0.15, -0.1) is 0 Å². The fourth-order valence-corrected chi connectivity index (χ4v) is 2.93. The van der Waals surface area contributed by atoms with Gasteiger partial charge in [-0.25, -0.2) is 4.79 Å². The van der Waals surface area contributed by atoms with Crippen molar-refractivity contribution in [1.29, 1.82) is 0 Å². The van der Waals surface area contributed by atoms with Crippen molar-refractivity contribution in [3.8, 4) is 5.75 Å². The first-order chi connectivity index (χ1) is 10.5. The van der Waals surface area contributed by atoms with E-state index in [-0.39, 0.29) is 18.1 Å². The lowest BCUT2D eigenvalue weighted by atomic mass is 9.94. The molecule has 2 rings (SSSR count). The highest BCUT2D eigenvalue weighted by molar-refractivity contribution is 5.74. The van der Waals surface area contributed by atoms with Crippen LogP contribution in [0.5, 0.6) is 5.75 Å². The number of carbonyl (C=O) groups excluding carboxylic acids is 1. The lowest BCUT2D eigenvalue weighted by Crippen LogP contribution is -2.47. The normalized spacial score (nSPS) is 19.6. The first-order valence-corrected chi connectivity index (χ1v) is 7.85. The summed E-state index contributed by atoms with van der Waals surface area (Å²) < 4.78 is 5.24. The molecule has 5 heteroatoms. The second kappa shape index (κ2) is 7.49. The third-order valence-electron chi connectivity index (χ3n) is 4.33. The van der Waals surface area contributed by atoms with Gasteiger partial charge in [0.25, 0.3) is 0 Å². The van der Waals surface area contributed by atoms with Crippen LogP contribution in [0.4, 0.5) is 4.79 Å². The molecule has 2 atom stereocenters. The van der Waals surface area contributed by atoms with E-state index < -0.39 is 0 Å². The molecule has 1 aliphatic heterocycles. The third kappa shape index (κ3) is 4.13. The maximum absolute atomic E-state index is 12.3. The van der Waals surface area contributed by atoms with Crippen molar-refractivity contribution in [1.82, 2.24) is 10.2 Å². The number of nitrogens with one attached hydrogen (secondary N) is 1. The van der Waals surface area contributed by atoms with E-state index >= 15 is 0 Å². The van der Waals surface area contributed by atoms with Gasteiger partial charge in [-0.3, -0.25) is 0 Å². The van der Waals surface area contributed by atoms with Gasteiger partial charge >= 0.3 is 6.03 Å². The topological polar surface area (TPSA) is 61.8 Å². The Morgan fingerprint density at radius 1 is 1.55 bits per heavy atom. The van der Waals surface area contributed by atoms with Crippen molar-refractivity contribution >= 4 is 6.03 Å². The van der Waals surface area contributed by atoms with E-state index in [4.69, 9.17) is 4.74 Å². The van der Waals surface area contributed by atoms with Crippen molar-refractivity contribution in [2.45, 2.75) is 39.3 Å². The molecule has 0 aliphatic carbocycles. The Balaban J connectivity index is 1.88. The standard InChI is InChI=1S/C17H26N2O3/c1-12-9-14(6-7-16(12)22-3)10-18-17(21)19-8-4-5-15(11-19)13(2)20/h6-7,9,13,15,20H,4-5,8,10-11H2,1-3H3,(H,18,21). The van der Waals surface area contributed by atoms with Gasteiger partial charge in [0, 0.05) is 25.6 Å². The Morgan fingerprint density at radius 3 is 2.95 bits per heavy atom. The van der Waals surface area contributed by atoms with Crippen LogP contribution in [0, 0.1) is 12.8 Å². The highest BCUT2D eigenvalue weighted by Crippen LogP contribution is 2.20. The fourth-order valence-electron chi connectivity index (χ4n) is 2.93. The van der Waals surface area contributed by atoms with Crippen molar-refractivity contribution < 1.29 is 14.6 Å². The van der Waals surface area contributed by atoms with Crippen LogP contribution in [-0.4, -0.2) is 42.3 Å². The summed E-state index contributed by atoms with van der Waals surface area (Å²) in [7, 11) is 1.65. The number of piperidine rings is 1. The van der Waals surface area contributed by atoms with Crippen molar-refractivity contribution in [2.24, 2.45) is 5.92 Å². The van der Waals surface area contributed by atoms with E-state index in [9.17, 15) is 9.90 Å². The third-order valence-corrected chi connectivity index (χ3v) is 4.33. The molecule has 1 aromatic carbocycles. The van der Waals surface area contributed by atoms with Gasteiger partial charge in [0.2, 0.25) is 0 Å². The largest absolute Gasteiger partial charge is 0.496 e. The highest BCUT2D eigenvalue weighted by Gasteiger charge is 2.26. The molecule has 0 radical (unpaired) electrons. The van der Waals surface area contributed by atoms with E-state index in [1.165, 1.54) is 0 Å². The van der Waals surface area contributed by atoms with Crippen LogP contribution in [-0.2, 0) is 6.54 Å². The summed E-state index contributed by atoms with van der Waals surface area (Å²) in [5.41, 5.74) is 2.11. The Morgan fingerprint density at radius 2 is 2.32 bits per heavy atom. The molecule has 2 N–H and O–H groups in total. The van der Waals surface area contributed by atoms with Crippen LogP contribution in [0.25, 0.3) is 0 Å². The molecular formula is C17H26N2O3.